The molecule has 0 atom stereocenters. The zero-order chi connectivity index (χ0) is 18.6. The van der Waals surface area contributed by atoms with Gasteiger partial charge in [0, 0.05) is 30.4 Å². The Kier molecular flexibility index (Phi) is 4.89. The van der Waals surface area contributed by atoms with Crippen LogP contribution in [0.3, 0.4) is 0 Å². The molecule has 138 valence electrons. The Morgan fingerprint density at radius 3 is 2.52 bits per heavy atom. The first-order valence-corrected chi connectivity index (χ1v) is 9.06. The number of hydrogen-bond donors (Lipinski definition) is 1. The molecule has 1 saturated heterocycles. The number of rotatable bonds is 4. The van der Waals surface area contributed by atoms with E-state index in [9.17, 15) is 4.79 Å². The number of aromatic nitrogens is 2. The smallest absolute Gasteiger partial charge is 0.256 e. The van der Waals surface area contributed by atoms with Crippen molar-refractivity contribution in [2.75, 3.05) is 36.5 Å². The van der Waals surface area contributed by atoms with Crippen LogP contribution in [0.4, 0.5) is 11.5 Å². The quantitative estimate of drug-likeness (QED) is 0.774. The number of benzene rings is 2. The maximum absolute atomic E-state index is 12.7. The van der Waals surface area contributed by atoms with Gasteiger partial charge in [0.2, 0.25) is 0 Å². The summed E-state index contributed by atoms with van der Waals surface area (Å²) in [4.78, 5) is 14.9. The summed E-state index contributed by atoms with van der Waals surface area (Å²) < 4.78 is 7.13. The zero-order valence-corrected chi connectivity index (χ0v) is 15.3. The maximum atomic E-state index is 12.7. The second-order valence-electron chi connectivity index (χ2n) is 6.52. The minimum atomic E-state index is -0.154. The lowest BCUT2D eigenvalue weighted by Gasteiger charge is -2.28. The van der Waals surface area contributed by atoms with E-state index in [1.165, 1.54) is 0 Å². The monoisotopic (exact) mass is 362 g/mol. The molecule has 27 heavy (non-hydrogen) atoms. The summed E-state index contributed by atoms with van der Waals surface area (Å²) in [6.07, 6.45) is 1.68. The number of carbonyl (C=O) groups excluding carboxylic acids is 1. The first-order chi connectivity index (χ1) is 13.2. The SMILES string of the molecule is Cc1ccccc1-n1nccc1NC(=O)c1ccc(N2CCOCC2)cc1. The lowest BCUT2D eigenvalue weighted by molar-refractivity contribution is 0.102. The number of aryl methyl sites for hydroxylation is 1. The van der Waals surface area contributed by atoms with Crippen LogP contribution in [0.2, 0.25) is 0 Å². The fraction of sp³-hybridized carbons (Fsp3) is 0.238. The molecule has 1 aromatic heterocycles. The van der Waals surface area contributed by atoms with E-state index < -0.39 is 0 Å². The van der Waals surface area contributed by atoms with Crippen LogP contribution in [-0.4, -0.2) is 42.0 Å². The molecule has 0 radical (unpaired) electrons. The second kappa shape index (κ2) is 7.63. The Labute approximate surface area is 158 Å². The van der Waals surface area contributed by atoms with Crippen LogP contribution in [0.5, 0.6) is 0 Å². The number of nitrogens with one attached hydrogen (secondary N) is 1. The zero-order valence-electron chi connectivity index (χ0n) is 15.3. The third kappa shape index (κ3) is 3.71. The number of carbonyl (C=O) groups is 1. The lowest BCUT2D eigenvalue weighted by atomic mass is 10.1. The first-order valence-electron chi connectivity index (χ1n) is 9.06. The molecule has 0 unspecified atom stereocenters. The van der Waals surface area contributed by atoms with E-state index in [2.05, 4.69) is 15.3 Å². The van der Waals surface area contributed by atoms with Gasteiger partial charge in [-0.2, -0.15) is 5.10 Å². The third-order valence-corrected chi connectivity index (χ3v) is 4.73. The largest absolute Gasteiger partial charge is 0.378 e. The van der Waals surface area contributed by atoms with Gasteiger partial charge in [-0.15, -0.1) is 0 Å². The van der Waals surface area contributed by atoms with Gasteiger partial charge in [-0.25, -0.2) is 4.68 Å². The highest BCUT2D eigenvalue weighted by Crippen LogP contribution is 2.20. The van der Waals surface area contributed by atoms with Crippen LogP contribution in [-0.2, 0) is 4.74 Å². The van der Waals surface area contributed by atoms with Crippen LogP contribution in [0, 0.1) is 6.92 Å². The number of ether oxygens (including phenoxy) is 1. The summed E-state index contributed by atoms with van der Waals surface area (Å²) in [6.45, 7) is 5.26. The molecular formula is C21H22N4O2. The van der Waals surface area contributed by atoms with Crippen molar-refractivity contribution in [3.8, 4) is 5.69 Å². The molecule has 2 heterocycles. The highest BCUT2D eigenvalue weighted by Gasteiger charge is 2.14. The Morgan fingerprint density at radius 1 is 1.04 bits per heavy atom. The molecule has 1 fully saturated rings. The van der Waals surface area contributed by atoms with E-state index in [0.29, 0.717) is 11.4 Å². The summed E-state index contributed by atoms with van der Waals surface area (Å²) in [6, 6.07) is 17.4. The minimum Gasteiger partial charge on any atom is -0.378 e. The van der Waals surface area contributed by atoms with E-state index >= 15 is 0 Å². The van der Waals surface area contributed by atoms with Gasteiger partial charge >= 0.3 is 0 Å². The lowest BCUT2D eigenvalue weighted by Crippen LogP contribution is -2.36. The van der Waals surface area contributed by atoms with Gasteiger partial charge < -0.3 is 15.0 Å². The summed E-state index contributed by atoms with van der Waals surface area (Å²) in [5.41, 5.74) is 3.76. The molecule has 4 rings (SSSR count). The number of para-hydroxylation sites is 1. The van der Waals surface area contributed by atoms with Crippen molar-refractivity contribution in [1.82, 2.24) is 9.78 Å². The number of hydrogen-bond acceptors (Lipinski definition) is 4. The van der Waals surface area contributed by atoms with Crippen molar-refractivity contribution < 1.29 is 9.53 Å². The third-order valence-electron chi connectivity index (χ3n) is 4.73. The molecule has 6 nitrogen and oxygen atoms in total. The van der Waals surface area contributed by atoms with Gasteiger partial charge in [-0.05, 0) is 42.8 Å². The van der Waals surface area contributed by atoms with E-state index in [0.717, 1.165) is 43.2 Å². The van der Waals surface area contributed by atoms with Crippen LogP contribution in [0.15, 0.2) is 60.8 Å². The molecule has 1 aliphatic rings. The Morgan fingerprint density at radius 2 is 1.78 bits per heavy atom. The Balaban J connectivity index is 1.50. The van der Waals surface area contributed by atoms with Crippen molar-refractivity contribution in [2.45, 2.75) is 6.92 Å². The molecule has 0 saturated carbocycles. The van der Waals surface area contributed by atoms with Crippen molar-refractivity contribution in [2.24, 2.45) is 0 Å². The number of anilines is 2. The molecule has 6 heteroatoms. The van der Waals surface area contributed by atoms with Crippen LogP contribution < -0.4 is 10.2 Å². The molecular weight excluding hydrogens is 340 g/mol. The summed E-state index contributed by atoms with van der Waals surface area (Å²) in [5, 5.41) is 7.31. The average Bonchev–Trinajstić information content (AvgIpc) is 3.17. The number of morpholine rings is 1. The van der Waals surface area contributed by atoms with Crippen LogP contribution in [0.1, 0.15) is 15.9 Å². The molecule has 2 aromatic carbocycles. The highest BCUT2D eigenvalue weighted by molar-refractivity contribution is 6.04. The van der Waals surface area contributed by atoms with Gasteiger partial charge in [0.05, 0.1) is 25.1 Å². The van der Waals surface area contributed by atoms with Gasteiger partial charge in [-0.1, -0.05) is 18.2 Å². The first kappa shape index (κ1) is 17.3. The van der Waals surface area contributed by atoms with E-state index in [4.69, 9.17) is 4.74 Å². The summed E-state index contributed by atoms with van der Waals surface area (Å²) in [5.74, 6) is 0.491. The molecule has 0 aliphatic carbocycles. The van der Waals surface area contributed by atoms with Crippen LogP contribution in [0.25, 0.3) is 5.69 Å². The number of nitrogens with zero attached hydrogens (tertiary/aromatic N) is 3. The van der Waals surface area contributed by atoms with Gasteiger partial charge in [-0.3, -0.25) is 4.79 Å². The van der Waals surface area contributed by atoms with Gasteiger partial charge in [0.15, 0.2) is 0 Å². The molecule has 1 amide bonds. The van der Waals surface area contributed by atoms with Crippen molar-refractivity contribution in [1.29, 1.82) is 0 Å². The van der Waals surface area contributed by atoms with Crippen molar-refractivity contribution in [3.63, 3.8) is 0 Å². The fourth-order valence-corrected chi connectivity index (χ4v) is 3.22. The van der Waals surface area contributed by atoms with E-state index in [1.54, 1.807) is 16.9 Å². The van der Waals surface area contributed by atoms with E-state index in [1.807, 2.05) is 55.5 Å². The topological polar surface area (TPSA) is 59.4 Å². The summed E-state index contributed by atoms with van der Waals surface area (Å²) in [7, 11) is 0. The minimum absolute atomic E-state index is 0.154. The predicted molar refractivity (Wildman–Crippen MR) is 106 cm³/mol. The highest BCUT2D eigenvalue weighted by atomic mass is 16.5. The molecule has 3 aromatic rings. The van der Waals surface area contributed by atoms with Crippen molar-refractivity contribution in [3.05, 3.63) is 71.9 Å². The van der Waals surface area contributed by atoms with E-state index in [-0.39, 0.29) is 5.91 Å². The standard InChI is InChI=1S/C21H22N4O2/c1-16-4-2-3-5-19(16)25-20(10-11-22-25)23-21(26)17-6-8-18(9-7-17)24-12-14-27-15-13-24/h2-11H,12-15H2,1H3,(H,23,26). The Hall–Kier alpha value is -3.12. The van der Waals surface area contributed by atoms with Gasteiger partial charge in [0.1, 0.15) is 5.82 Å². The maximum Gasteiger partial charge on any atom is 0.256 e. The molecule has 1 aliphatic heterocycles. The Bertz CT molecular complexity index is 927. The average molecular weight is 362 g/mol. The normalized spacial score (nSPS) is 14.2. The molecule has 1 N–H and O–H groups in total. The second-order valence-corrected chi connectivity index (χ2v) is 6.52. The number of amides is 1. The predicted octanol–water partition coefficient (Wildman–Crippen LogP) is 3.27. The molecule has 0 bridgehead atoms. The molecule has 0 spiro atoms. The van der Waals surface area contributed by atoms with Crippen LogP contribution >= 0.6 is 0 Å². The summed E-state index contributed by atoms with van der Waals surface area (Å²) >= 11 is 0. The van der Waals surface area contributed by atoms with Gasteiger partial charge in [0.25, 0.3) is 5.91 Å². The fourth-order valence-electron chi connectivity index (χ4n) is 3.22. The van der Waals surface area contributed by atoms with Crippen molar-refractivity contribution >= 4 is 17.4 Å².